The van der Waals surface area contributed by atoms with Gasteiger partial charge in [0, 0.05) is 0 Å². The van der Waals surface area contributed by atoms with Gasteiger partial charge in [-0.2, -0.15) is 0 Å². The fourth-order valence-corrected chi connectivity index (χ4v) is 3.19. The van der Waals surface area contributed by atoms with Crippen LogP contribution in [0, 0.1) is 0 Å². The van der Waals surface area contributed by atoms with Crippen LogP contribution in [0.5, 0.6) is 5.75 Å². The molecule has 1 aliphatic heterocycles. The molecule has 2 rings (SSSR count). The summed E-state index contributed by atoms with van der Waals surface area (Å²) < 4.78 is 5.28. The molecule has 1 heterocycles. The van der Waals surface area contributed by atoms with E-state index in [0.717, 1.165) is 22.2 Å². The minimum atomic E-state index is -1.34. The predicted molar refractivity (Wildman–Crippen MR) is 82.5 cm³/mol. The van der Waals surface area contributed by atoms with Crippen molar-refractivity contribution >= 4 is 46.3 Å². The molecule has 1 saturated heterocycles. The number of hydrogen-bond acceptors (Lipinski definition) is 6. The van der Waals surface area contributed by atoms with Crippen LogP contribution in [-0.4, -0.2) is 34.2 Å². The maximum Gasteiger partial charge on any atom is 0.266 e. The summed E-state index contributed by atoms with van der Waals surface area (Å²) in [6.45, 7) is 1.37. The molecule has 1 aromatic carbocycles. The fourth-order valence-electron chi connectivity index (χ4n) is 1.77. The molecule has 5 nitrogen and oxygen atoms in total. The molecule has 1 atom stereocenters. The highest BCUT2D eigenvalue weighted by molar-refractivity contribution is 8.26. The van der Waals surface area contributed by atoms with E-state index >= 15 is 0 Å². The Morgan fingerprint density at radius 3 is 2.57 bits per heavy atom. The van der Waals surface area contributed by atoms with Crippen LogP contribution in [0.25, 0.3) is 6.08 Å². The molecular formula is C14H12NO4S2-. The molecule has 0 unspecified atom stereocenters. The third-order valence-electron chi connectivity index (χ3n) is 2.97. The van der Waals surface area contributed by atoms with Crippen molar-refractivity contribution in [3.63, 3.8) is 0 Å². The Kier molecular flexibility index (Phi) is 4.64. The molecule has 0 bridgehead atoms. The van der Waals surface area contributed by atoms with Crippen molar-refractivity contribution < 1.29 is 19.4 Å². The normalized spacial score (nSPS) is 18.2. The first-order valence-corrected chi connectivity index (χ1v) is 7.28. The minimum Gasteiger partial charge on any atom is -0.548 e. The van der Waals surface area contributed by atoms with Gasteiger partial charge in [0.05, 0.1) is 24.0 Å². The molecule has 1 amide bonds. The molecule has 0 aromatic heterocycles. The number of ether oxygens (including phenoxy) is 1. The SMILES string of the molecule is COc1ccc(/C=C2\SC(=S)N([C@H](C)C(=O)[O-])C2=O)cc1. The summed E-state index contributed by atoms with van der Waals surface area (Å²) in [5.41, 5.74) is 0.803. The van der Waals surface area contributed by atoms with Crippen molar-refractivity contribution in [2.75, 3.05) is 7.11 Å². The molecule has 1 fully saturated rings. The smallest absolute Gasteiger partial charge is 0.266 e. The zero-order chi connectivity index (χ0) is 15.6. The van der Waals surface area contributed by atoms with Crippen LogP contribution >= 0.6 is 24.0 Å². The summed E-state index contributed by atoms with van der Waals surface area (Å²) in [5, 5.41) is 10.9. The van der Waals surface area contributed by atoms with Crippen LogP contribution < -0.4 is 9.84 Å². The van der Waals surface area contributed by atoms with Crippen LogP contribution in [0.3, 0.4) is 0 Å². The summed E-state index contributed by atoms with van der Waals surface area (Å²) in [7, 11) is 1.57. The largest absolute Gasteiger partial charge is 0.548 e. The molecule has 7 heteroatoms. The van der Waals surface area contributed by atoms with Crippen LogP contribution in [0.2, 0.25) is 0 Å². The number of carboxylic acid groups (broad SMARTS) is 1. The predicted octanol–water partition coefficient (Wildman–Crippen LogP) is 1.03. The molecule has 1 aromatic rings. The van der Waals surface area contributed by atoms with E-state index in [1.807, 2.05) is 0 Å². The number of benzene rings is 1. The lowest BCUT2D eigenvalue weighted by Crippen LogP contribution is -2.48. The van der Waals surface area contributed by atoms with Gasteiger partial charge in [0.1, 0.15) is 10.1 Å². The molecular weight excluding hydrogens is 310 g/mol. The minimum absolute atomic E-state index is 0.219. The Hall–Kier alpha value is -1.86. The second-order valence-electron chi connectivity index (χ2n) is 4.32. The Morgan fingerprint density at radius 2 is 2.05 bits per heavy atom. The number of nitrogens with zero attached hydrogens (tertiary/aromatic N) is 1. The van der Waals surface area contributed by atoms with E-state index in [1.54, 1.807) is 37.5 Å². The van der Waals surface area contributed by atoms with E-state index in [-0.39, 0.29) is 4.32 Å². The van der Waals surface area contributed by atoms with Gasteiger partial charge in [-0.3, -0.25) is 9.69 Å². The van der Waals surface area contributed by atoms with Gasteiger partial charge in [-0.05, 0) is 30.7 Å². The van der Waals surface area contributed by atoms with E-state index in [1.165, 1.54) is 6.92 Å². The Balaban J connectivity index is 2.25. The Morgan fingerprint density at radius 1 is 1.43 bits per heavy atom. The maximum atomic E-state index is 12.2. The van der Waals surface area contributed by atoms with Crippen molar-refractivity contribution in [1.29, 1.82) is 0 Å². The van der Waals surface area contributed by atoms with Crippen LogP contribution in [0.15, 0.2) is 29.2 Å². The zero-order valence-corrected chi connectivity index (χ0v) is 13.0. The molecule has 0 spiro atoms. The van der Waals surface area contributed by atoms with Gasteiger partial charge < -0.3 is 14.6 Å². The maximum absolute atomic E-state index is 12.2. The highest BCUT2D eigenvalue weighted by Crippen LogP contribution is 2.33. The van der Waals surface area contributed by atoms with Gasteiger partial charge >= 0.3 is 0 Å². The van der Waals surface area contributed by atoms with Gasteiger partial charge in [-0.25, -0.2) is 0 Å². The second kappa shape index (κ2) is 6.28. The van der Waals surface area contributed by atoms with E-state index in [4.69, 9.17) is 17.0 Å². The van der Waals surface area contributed by atoms with Crippen molar-refractivity contribution in [2.45, 2.75) is 13.0 Å². The summed E-state index contributed by atoms with van der Waals surface area (Å²) in [6.07, 6.45) is 1.67. The number of thioether (sulfide) groups is 1. The first kappa shape index (κ1) is 15.5. The van der Waals surface area contributed by atoms with Crippen molar-refractivity contribution in [3.8, 4) is 5.75 Å². The highest BCUT2D eigenvalue weighted by Gasteiger charge is 2.35. The molecule has 0 N–H and O–H groups in total. The molecule has 0 aliphatic carbocycles. The molecule has 0 saturated carbocycles. The second-order valence-corrected chi connectivity index (χ2v) is 6.00. The average molecular weight is 322 g/mol. The number of carbonyl (C=O) groups is 2. The average Bonchev–Trinajstić information content (AvgIpc) is 2.73. The lowest BCUT2D eigenvalue weighted by Gasteiger charge is -2.23. The van der Waals surface area contributed by atoms with E-state index in [2.05, 4.69) is 0 Å². The summed E-state index contributed by atoms with van der Waals surface area (Å²) in [6, 6.07) is 6.06. The lowest BCUT2D eigenvalue weighted by atomic mass is 10.2. The number of hydrogen-bond donors (Lipinski definition) is 0. The Bertz CT molecular complexity index is 624. The number of amides is 1. The van der Waals surface area contributed by atoms with Gasteiger partial charge in [-0.1, -0.05) is 36.1 Å². The van der Waals surface area contributed by atoms with Gasteiger partial charge in [-0.15, -0.1) is 0 Å². The first-order chi connectivity index (χ1) is 9.93. The van der Waals surface area contributed by atoms with E-state index in [9.17, 15) is 14.7 Å². The Labute approximate surface area is 131 Å². The quantitative estimate of drug-likeness (QED) is 0.609. The monoisotopic (exact) mass is 322 g/mol. The number of thiocarbonyl (C=S) groups is 1. The van der Waals surface area contributed by atoms with Gasteiger partial charge in [0.25, 0.3) is 5.91 Å². The summed E-state index contributed by atoms with van der Waals surface area (Å²) in [5.74, 6) is -1.04. The number of methoxy groups -OCH3 is 1. The molecule has 0 radical (unpaired) electrons. The third kappa shape index (κ3) is 3.25. The van der Waals surface area contributed by atoms with Gasteiger partial charge in [0.15, 0.2) is 0 Å². The molecule has 1 aliphatic rings. The van der Waals surface area contributed by atoms with E-state index in [0.29, 0.717) is 10.7 Å². The highest BCUT2D eigenvalue weighted by atomic mass is 32.2. The van der Waals surface area contributed by atoms with Crippen molar-refractivity contribution in [1.82, 2.24) is 4.90 Å². The number of rotatable bonds is 4. The van der Waals surface area contributed by atoms with Crippen molar-refractivity contribution in [2.24, 2.45) is 0 Å². The first-order valence-electron chi connectivity index (χ1n) is 6.06. The van der Waals surface area contributed by atoms with Gasteiger partial charge in [0.2, 0.25) is 0 Å². The topological polar surface area (TPSA) is 69.7 Å². The van der Waals surface area contributed by atoms with Crippen LogP contribution in [0.1, 0.15) is 12.5 Å². The van der Waals surface area contributed by atoms with Crippen molar-refractivity contribution in [3.05, 3.63) is 34.7 Å². The number of carboxylic acids is 1. The van der Waals surface area contributed by atoms with Crippen LogP contribution in [-0.2, 0) is 9.59 Å². The van der Waals surface area contributed by atoms with E-state index < -0.39 is 17.9 Å². The molecule has 21 heavy (non-hydrogen) atoms. The summed E-state index contributed by atoms with van der Waals surface area (Å²) in [4.78, 5) is 24.6. The summed E-state index contributed by atoms with van der Waals surface area (Å²) >= 11 is 6.14. The number of carbonyl (C=O) groups excluding carboxylic acids is 2. The standard InChI is InChI=1S/C14H13NO4S2/c1-8(13(17)18)15-12(16)11(21-14(15)20)7-9-3-5-10(19-2)6-4-9/h3-8H,1-2H3,(H,17,18)/p-1/b11-7-/t8-/m1/s1. The van der Waals surface area contributed by atoms with Crippen LogP contribution in [0.4, 0.5) is 0 Å². The lowest BCUT2D eigenvalue weighted by molar-refractivity contribution is -0.309. The fraction of sp³-hybridized carbons (Fsp3) is 0.214. The zero-order valence-electron chi connectivity index (χ0n) is 11.4. The number of aliphatic carboxylic acids is 1. The third-order valence-corrected chi connectivity index (χ3v) is 4.30. The molecule has 110 valence electrons.